The van der Waals surface area contributed by atoms with E-state index >= 15 is 0 Å². The average Bonchev–Trinajstić information content (AvgIpc) is 2.39. The van der Waals surface area contributed by atoms with Crippen molar-refractivity contribution in [2.24, 2.45) is 0 Å². The molecule has 2 aromatic rings. The van der Waals surface area contributed by atoms with Crippen molar-refractivity contribution in [1.29, 1.82) is 0 Å². The third-order valence-electron chi connectivity index (χ3n) is 3.51. The molecule has 0 aliphatic rings. The molecule has 1 aromatic heterocycles. The van der Waals surface area contributed by atoms with E-state index in [-0.39, 0.29) is 0 Å². The number of rotatable bonds is 3. The van der Waals surface area contributed by atoms with Crippen LogP contribution in [-0.4, -0.2) is 9.97 Å². The topological polar surface area (TPSA) is 51.8 Å². The van der Waals surface area contributed by atoms with E-state index in [2.05, 4.69) is 65.7 Å². The summed E-state index contributed by atoms with van der Waals surface area (Å²) in [5, 5.41) is 0. The Hall–Kier alpha value is -1.42. The van der Waals surface area contributed by atoms with Gasteiger partial charge in [0.15, 0.2) is 5.82 Å². The number of anilines is 1. The van der Waals surface area contributed by atoms with Crippen LogP contribution in [0.5, 0.6) is 0 Å². The van der Waals surface area contributed by atoms with Crippen LogP contribution >= 0.6 is 15.9 Å². The second-order valence-corrected chi connectivity index (χ2v) is 5.99. The molecule has 1 aromatic carbocycles. The van der Waals surface area contributed by atoms with Gasteiger partial charge in [-0.2, -0.15) is 0 Å². The Morgan fingerprint density at radius 2 is 1.70 bits per heavy atom. The number of nitrogen functional groups attached to an aromatic ring is 1. The lowest BCUT2D eigenvalue weighted by atomic mass is 10.0. The first-order chi connectivity index (χ1) is 9.43. The highest BCUT2D eigenvalue weighted by molar-refractivity contribution is 9.10. The number of benzene rings is 1. The highest BCUT2D eigenvalue weighted by Crippen LogP contribution is 2.29. The molecule has 0 saturated carbocycles. The minimum atomic E-state index is 0.510. The van der Waals surface area contributed by atoms with Crippen LogP contribution in [0.25, 0.3) is 11.4 Å². The van der Waals surface area contributed by atoms with Crippen molar-refractivity contribution in [3.05, 3.63) is 39.0 Å². The van der Waals surface area contributed by atoms with E-state index in [1.807, 2.05) is 0 Å². The SMILES string of the molecule is CCCc1nc(-c2cc(C)c(C)cc2C)nc(N)c1Br. The Balaban J connectivity index is 2.61. The second kappa shape index (κ2) is 5.92. The van der Waals surface area contributed by atoms with Crippen molar-refractivity contribution in [2.45, 2.75) is 40.5 Å². The van der Waals surface area contributed by atoms with Crippen LogP contribution in [0.3, 0.4) is 0 Å². The molecule has 0 aliphatic heterocycles. The van der Waals surface area contributed by atoms with E-state index < -0.39 is 0 Å². The highest BCUT2D eigenvalue weighted by Gasteiger charge is 2.13. The Kier molecular flexibility index (Phi) is 4.43. The molecule has 0 aliphatic carbocycles. The summed E-state index contributed by atoms with van der Waals surface area (Å²) in [7, 11) is 0. The molecule has 0 unspecified atom stereocenters. The molecule has 0 fully saturated rings. The monoisotopic (exact) mass is 333 g/mol. The van der Waals surface area contributed by atoms with Crippen LogP contribution in [0.15, 0.2) is 16.6 Å². The lowest BCUT2D eigenvalue weighted by Crippen LogP contribution is -2.04. The van der Waals surface area contributed by atoms with E-state index in [1.165, 1.54) is 16.7 Å². The summed E-state index contributed by atoms with van der Waals surface area (Å²) in [4.78, 5) is 9.12. The first-order valence-electron chi connectivity index (χ1n) is 6.84. The van der Waals surface area contributed by atoms with E-state index in [1.54, 1.807) is 0 Å². The molecule has 106 valence electrons. The predicted molar refractivity (Wildman–Crippen MR) is 87.8 cm³/mol. The minimum absolute atomic E-state index is 0.510. The number of nitrogens with zero attached hydrogens (tertiary/aromatic N) is 2. The fourth-order valence-electron chi connectivity index (χ4n) is 2.24. The van der Waals surface area contributed by atoms with Gasteiger partial charge in [0.05, 0.1) is 10.2 Å². The zero-order valence-electron chi connectivity index (χ0n) is 12.4. The highest BCUT2D eigenvalue weighted by atomic mass is 79.9. The summed E-state index contributed by atoms with van der Waals surface area (Å²) in [6.45, 7) is 8.44. The smallest absolute Gasteiger partial charge is 0.162 e. The Labute approximate surface area is 128 Å². The molecule has 20 heavy (non-hydrogen) atoms. The van der Waals surface area contributed by atoms with Crippen molar-refractivity contribution in [3.8, 4) is 11.4 Å². The number of aromatic nitrogens is 2. The fraction of sp³-hybridized carbons (Fsp3) is 0.375. The zero-order chi connectivity index (χ0) is 14.9. The van der Waals surface area contributed by atoms with Crippen LogP contribution in [0, 0.1) is 20.8 Å². The van der Waals surface area contributed by atoms with Crippen molar-refractivity contribution in [2.75, 3.05) is 5.73 Å². The van der Waals surface area contributed by atoms with Crippen LogP contribution in [0.1, 0.15) is 35.7 Å². The molecule has 0 atom stereocenters. The molecule has 0 saturated heterocycles. The average molecular weight is 334 g/mol. The lowest BCUT2D eigenvalue weighted by Gasteiger charge is -2.12. The van der Waals surface area contributed by atoms with Crippen LogP contribution in [-0.2, 0) is 6.42 Å². The van der Waals surface area contributed by atoms with Crippen LogP contribution in [0.4, 0.5) is 5.82 Å². The Morgan fingerprint density at radius 1 is 1.05 bits per heavy atom. The molecule has 0 amide bonds. The molecule has 4 heteroatoms. The van der Waals surface area contributed by atoms with Gasteiger partial charge in [0.2, 0.25) is 0 Å². The first kappa shape index (κ1) is 15.0. The Morgan fingerprint density at radius 3 is 2.35 bits per heavy atom. The van der Waals surface area contributed by atoms with Gasteiger partial charge < -0.3 is 5.73 Å². The van der Waals surface area contributed by atoms with Crippen LogP contribution < -0.4 is 5.73 Å². The zero-order valence-corrected chi connectivity index (χ0v) is 14.0. The molecule has 0 radical (unpaired) electrons. The molecule has 2 rings (SSSR count). The van der Waals surface area contributed by atoms with E-state index in [0.717, 1.165) is 34.4 Å². The van der Waals surface area contributed by atoms with E-state index in [0.29, 0.717) is 5.82 Å². The second-order valence-electron chi connectivity index (χ2n) is 5.19. The maximum Gasteiger partial charge on any atom is 0.162 e. The molecular weight excluding hydrogens is 314 g/mol. The minimum Gasteiger partial charge on any atom is -0.383 e. The van der Waals surface area contributed by atoms with Crippen molar-refractivity contribution >= 4 is 21.7 Å². The van der Waals surface area contributed by atoms with E-state index in [4.69, 9.17) is 5.73 Å². The Bertz CT molecular complexity index is 651. The van der Waals surface area contributed by atoms with Crippen molar-refractivity contribution < 1.29 is 0 Å². The van der Waals surface area contributed by atoms with Gasteiger partial charge in [0.25, 0.3) is 0 Å². The normalized spacial score (nSPS) is 10.8. The van der Waals surface area contributed by atoms with Gasteiger partial charge in [-0.25, -0.2) is 9.97 Å². The van der Waals surface area contributed by atoms with Crippen LogP contribution in [0.2, 0.25) is 0 Å². The summed E-state index contributed by atoms with van der Waals surface area (Å²) < 4.78 is 0.824. The quantitative estimate of drug-likeness (QED) is 0.907. The van der Waals surface area contributed by atoms with Gasteiger partial charge in [0, 0.05) is 5.56 Å². The largest absolute Gasteiger partial charge is 0.383 e. The van der Waals surface area contributed by atoms with Gasteiger partial charge >= 0.3 is 0 Å². The standard InChI is InChI=1S/C16H20BrN3/c1-5-6-13-14(17)15(18)20-16(19-13)12-8-10(3)9(2)7-11(12)4/h7-8H,5-6H2,1-4H3,(H2,18,19,20). The van der Waals surface area contributed by atoms with Gasteiger partial charge in [-0.15, -0.1) is 0 Å². The number of halogens is 1. The summed E-state index contributed by atoms with van der Waals surface area (Å²) >= 11 is 3.48. The molecule has 0 spiro atoms. The van der Waals surface area contributed by atoms with Gasteiger partial charge in [-0.3, -0.25) is 0 Å². The molecule has 1 heterocycles. The van der Waals surface area contributed by atoms with Crippen molar-refractivity contribution in [3.63, 3.8) is 0 Å². The number of hydrogen-bond donors (Lipinski definition) is 1. The number of nitrogens with two attached hydrogens (primary N) is 1. The molecule has 3 nitrogen and oxygen atoms in total. The lowest BCUT2D eigenvalue weighted by molar-refractivity contribution is 0.869. The maximum atomic E-state index is 6.01. The number of hydrogen-bond acceptors (Lipinski definition) is 3. The fourth-order valence-corrected chi connectivity index (χ4v) is 2.61. The number of aryl methyl sites for hydroxylation is 4. The summed E-state index contributed by atoms with van der Waals surface area (Å²) in [6.07, 6.45) is 1.92. The molecular formula is C16H20BrN3. The summed E-state index contributed by atoms with van der Waals surface area (Å²) in [5.74, 6) is 1.23. The van der Waals surface area contributed by atoms with E-state index in [9.17, 15) is 0 Å². The summed E-state index contributed by atoms with van der Waals surface area (Å²) in [5.41, 5.74) is 11.8. The molecule has 2 N–H and O–H groups in total. The van der Waals surface area contributed by atoms with Gasteiger partial charge in [0.1, 0.15) is 5.82 Å². The maximum absolute atomic E-state index is 6.01. The first-order valence-corrected chi connectivity index (χ1v) is 7.63. The van der Waals surface area contributed by atoms with Crippen molar-refractivity contribution in [1.82, 2.24) is 9.97 Å². The predicted octanol–water partition coefficient (Wildman–Crippen LogP) is 4.37. The summed E-state index contributed by atoms with van der Waals surface area (Å²) in [6, 6.07) is 4.31. The third kappa shape index (κ3) is 2.85. The molecule has 0 bridgehead atoms. The van der Waals surface area contributed by atoms with Gasteiger partial charge in [-0.1, -0.05) is 19.4 Å². The third-order valence-corrected chi connectivity index (χ3v) is 4.38. The van der Waals surface area contributed by atoms with Gasteiger partial charge in [-0.05, 0) is 65.9 Å².